The van der Waals surface area contributed by atoms with Gasteiger partial charge < -0.3 is 24.8 Å². The van der Waals surface area contributed by atoms with Gasteiger partial charge in [0.2, 0.25) is 0 Å². The number of hydrogen-bond acceptors (Lipinski definition) is 7. The molecule has 0 bridgehead atoms. The standard InChI is InChI=1S/C21H24ClN3O6/c1-4-29-16-8-6-14(10-17(16)30-5-2)21(28)24-12-19(26)31-13(3)20(27)25-18-9-7-15(22)11-23-18/h6-11,13H,4-5,12H2,1-3H3,(H,24,28)(H,23,25,27). The minimum absolute atomic E-state index is 0.270. The van der Waals surface area contributed by atoms with Crippen LogP contribution >= 0.6 is 11.6 Å². The summed E-state index contributed by atoms with van der Waals surface area (Å²) in [7, 11) is 0. The number of anilines is 1. The fourth-order valence-electron chi connectivity index (χ4n) is 2.42. The van der Waals surface area contributed by atoms with Crippen molar-refractivity contribution >= 4 is 35.2 Å². The second-order valence-electron chi connectivity index (χ2n) is 6.19. The van der Waals surface area contributed by atoms with Crippen LogP contribution in [0.3, 0.4) is 0 Å². The van der Waals surface area contributed by atoms with Gasteiger partial charge in [-0.15, -0.1) is 0 Å². The van der Waals surface area contributed by atoms with Crippen LogP contribution in [0.15, 0.2) is 36.5 Å². The lowest BCUT2D eigenvalue weighted by Crippen LogP contribution is -2.36. The normalized spacial score (nSPS) is 11.2. The SMILES string of the molecule is CCOc1ccc(C(=O)NCC(=O)OC(C)C(=O)Nc2ccc(Cl)cn2)cc1OCC. The Hall–Kier alpha value is -3.33. The summed E-state index contributed by atoms with van der Waals surface area (Å²) in [6.07, 6.45) is 0.290. The molecule has 31 heavy (non-hydrogen) atoms. The highest BCUT2D eigenvalue weighted by atomic mass is 35.5. The number of nitrogens with zero attached hydrogens (tertiary/aromatic N) is 1. The van der Waals surface area contributed by atoms with Crippen LogP contribution < -0.4 is 20.1 Å². The number of nitrogens with one attached hydrogen (secondary N) is 2. The third-order valence-corrected chi connectivity index (χ3v) is 4.08. The van der Waals surface area contributed by atoms with Crippen molar-refractivity contribution in [2.45, 2.75) is 26.9 Å². The van der Waals surface area contributed by atoms with Crippen LogP contribution in [0.2, 0.25) is 5.02 Å². The van der Waals surface area contributed by atoms with E-state index in [1.54, 1.807) is 18.2 Å². The van der Waals surface area contributed by atoms with Gasteiger partial charge in [-0.25, -0.2) is 4.98 Å². The molecule has 1 aromatic carbocycles. The van der Waals surface area contributed by atoms with Gasteiger partial charge in [0, 0.05) is 11.8 Å². The van der Waals surface area contributed by atoms with Crippen LogP contribution in [-0.2, 0) is 14.3 Å². The number of halogens is 1. The first-order chi connectivity index (χ1) is 14.8. The second kappa shape index (κ2) is 11.8. The average molecular weight is 450 g/mol. The van der Waals surface area contributed by atoms with Gasteiger partial charge in [0.05, 0.1) is 18.2 Å². The van der Waals surface area contributed by atoms with Gasteiger partial charge in [-0.2, -0.15) is 0 Å². The highest BCUT2D eigenvalue weighted by Gasteiger charge is 2.19. The number of esters is 1. The maximum atomic E-state index is 12.3. The number of hydrogen-bond donors (Lipinski definition) is 2. The molecule has 10 heteroatoms. The van der Waals surface area contributed by atoms with Gasteiger partial charge in [0.1, 0.15) is 12.4 Å². The van der Waals surface area contributed by atoms with Gasteiger partial charge in [-0.05, 0) is 51.1 Å². The summed E-state index contributed by atoms with van der Waals surface area (Å²) in [5, 5.41) is 5.38. The Morgan fingerprint density at radius 3 is 2.42 bits per heavy atom. The molecule has 2 N–H and O–H groups in total. The van der Waals surface area contributed by atoms with Crippen LogP contribution in [-0.4, -0.2) is 48.6 Å². The Morgan fingerprint density at radius 2 is 1.77 bits per heavy atom. The van der Waals surface area contributed by atoms with E-state index in [9.17, 15) is 14.4 Å². The highest BCUT2D eigenvalue weighted by molar-refractivity contribution is 6.30. The fourth-order valence-corrected chi connectivity index (χ4v) is 2.53. The lowest BCUT2D eigenvalue weighted by Gasteiger charge is -2.14. The summed E-state index contributed by atoms with van der Waals surface area (Å²) in [6, 6.07) is 7.79. The molecule has 2 amide bonds. The van der Waals surface area contributed by atoms with Gasteiger partial charge in [0.15, 0.2) is 17.6 Å². The smallest absolute Gasteiger partial charge is 0.326 e. The van der Waals surface area contributed by atoms with E-state index >= 15 is 0 Å². The number of rotatable bonds is 10. The molecule has 0 spiro atoms. The maximum absolute atomic E-state index is 12.3. The van der Waals surface area contributed by atoms with Crippen molar-refractivity contribution in [3.8, 4) is 11.5 Å². The lowest BCUT2D eigenvalue weighted by atomic mass is 10.2. The van der Waals surface area contributed by atoms with Crippen molar-refractivity contribution in [2.24, 2.45) is 0 Å². The van der Waals surface area contributed by atoms with Crippen LogP contribution in [0.25, 0.3) is 0 Å². The lowest BCUT2D eigenvalue weighted by molar-refractivity contribution is -0.152. The summed E-state index contributed by atoms with van der Waals surface area (Å²) in [5.74, 6) is -0.607. The number of amides is 2. The van der Waals surface area contributed by atoms with Crippen molar-refractivity contribution in [2.75, 3.05) is 25.1 Å². The van der Waals surface area contributed by atoms with E-state index in [2.05, 4.69) is 15.6 Å². The molecule has 1 unspecified atom stereocenters. The van der Waals surface area contributed by atoms with Crippen molar-refractivity contribution in [1.82, 2.24) is 10.3 Å². The summed E-state index contributed by atoms with van der Waals surface area (Å²) < 4.78 is 16.0. The third kappa shape index (κ3) is 7.45. The van der Waals surface area contributed by atoms with E-state index < -0.39 is 30.4 Å². The van der Waals surface area contributed by atoms with Gasteiger partial charge in [-0.3, -0.25) is 14.4 Å². The Labute approximate surface area is 185 Å². The van der Waals surface area contributed by atoms with E-state index in [0.717, 1.165) is 0 Å². The largest absolute Gasteiger partial charge is 0.490 e. The Bertz CT molecular complexity index is 920. The van der Waals surface area contributed by atoms with E-state index in [-0.39, 0.29) is 5.82 Å². The number of pyridine rings is 1. The molecule has 0 saturated carbocycles. The number of benzene rings is 1. The zero-order chi connectivity index (χ0) is 22.8. The second-order valence-corrected chi connectivity index (χ2v) is 6.63. The Kier molecular flexibility index (Phi) is 9.08. The molecule has 0 radical (unpaired) electrons. The maximum Gasteiger partial charge on any atom is 0.326 e. The molecule has 0 saturated heterocycles. The quantitative estimate of drug-likeness (QED) is 0.536. The fraction of sp³-hybridized carbons (Fsp3) is 0.333. The van der Waals surface area contributed by atoms with E-state index in [1.165, 1.54) is 25.3 Å². The van der Waals surface area contributed by atoms with Crippen LogP contribution in [0.1, 0.15) is 31.1 Å². The van der Waals surface area contributed by atoms with Gasteiger partial charge >= 0.3 is 5.97 Å². The van der Waals surface area contributed by atoms with Crippen molar-refractivity contribution in [1.29, 1.82) is 0 Å². The Balaban J connectivity index is 1.87. The monoisotopic (exact) mass is 449 g/mol. The molecule has 9 nitrogen and oxygen atoms in total. The highest BCUT2D eigenvalue weighted by Crippen LogP contribution is 2.28. The predicted octanol–water partition coefficient (Wildman–Crippen LogP) is 2.83. The summed E-state index contributed by atoms with van der Waals surface area (Å²) >= 11 is 5.74. The first kappa shape index (κ1) is 23.9. The molecule has 1 atom stereocenters. The minimum Gasteiger partial charge on any atom is -0.490 e. The van der Waals surface area contributed by atoms with Gasteiger partial charge in [0.25, 0.3) is 11.8 Å². The molecule has 0 aliphatic carbocycles. The number of carbonyl (C=O) groups excluding carboxylic acids is 3. The molecular weight excluding hydrogens is 426 g/mol. The molecule has 0 aliphatic heterocycles. The Morgan fingerprint density at radius 1 is 1.06 bits per heavy atom. The molecule has 2 aromatic rings. The summed E-state index contributed by atoms with van der Waals surface area (Å²) in [4.78, 5) is 40.4. The van der Waals surface area contributed by atoms with Crippen LogP contribution in [0, 0.1) is 0 Å². The van der Waals surface area contributed by atoms with Crippen LogP contribution in [0.5, 0.6) is 11.5 Å². The van der Waals surface area contributed by atoms with E-state index in [1.807, 2.05) is 13.8 Å². The molecule has 2 rings (SSSR count). The van der Waals surface area contributed by atoms with Crippen molar-refractivity contribution in [3.05, 3.63) is 47.1 Å². The third-order valence-electron chi connectivity index (χ3n) is 3.85. The van der Waals surface area contributed by atoms with Crippen molar-refractivity contribution in [3.63, 3.8) is 0 Å². The molecule has 1 heterocycles. The molecule has 166 valence electrons. The number of carbonyl (C=O) groups is 3. The van der Waals surface area contributed by atoms with E-state index in [4.69, 9.17) is 25.8 Å². The van der Waals surface area contributed by atoms with Crippen molar-refractivity contribution < 1.29 is 28.6 Å². The van der Waals surface area contributed by atoms with Crippen LogP contribution in [0.4, 0.5) is 5.82 Å². The topological polar surface area (TPSA) is 116 Å². The van der Waals surface area contributed by atoms with E-state index in [0.29, 0.717) is 35.3 Å². The molecule has 0 aliphatic rings. The number of ether oxygens (including phenoxy) is 3. The molecule has 1 aromatic heterocycles. The molecular formula is C21H24ClN3O6. The summed E-state index contributed by atoms with van der Waals surface area (Å²) in [5.41, 5.74) is 0.291. The van der Waals surface area contributed by atoms with Gasteiger partial charge in [-0.1, -0.05) is 11.6 Å². The zero-order valence-electron chi connectivity index (χ0n) is 17.4. The minimum atomic E-state index is -1.09. The first-order valence-electron chi connectivity index (χ1n) is 9.63. The summed E-state index contributed by atoms with van der Waals surface area (Å²) in [6.45, 7) is 5.52. The average Bonchev–Trinajstić information content (AvgIpc) is 2.75. The predicted molar refractivity (Wildman–Crippen MR) is 115 cm³/mol. The number of aromatic nitrogens is 1. The molecule has 0 fully saturated rings. The zero-order valence-corrected chi connectivity index (χ0v) is 18.2. The first-order valence-corrected chi connectivity index (χ1v) is 10.0.